The predicted octanol–water partition coefficient (Wildman–Crippen LogP) is 2.82. The van der Waals surface area contributed by atoms with E-state index in [1.165, 1.54) is 45.4 Å². The van der Waals surface area contributed by atoms with Crippen molar-refractivity contribution in [3.05, 3.63) is 0 Å². The summed E-state index contributed by atoms with van der Waals surface area (Å²) in [5.41, 5.74) is 0.361. The highest BCUT2D eigenvalue weighted by Gasteiger charge is 2.35. The van der Waals surface area contributed by atoms with Crippen molar-refractivity contribution >= 4 is 0 Å². The van der Waals surface area contributed by atoms with Crippen molar-refractivity contribution in [1.29, 1.82) is 0 Å². The summed E-state index contributed by atoms with van der Waals surface area (Å²) in [6.45, 7) is 19.2. The molecule has 0 aromatic carbocycles. The topological polar surface area (TPSA) is 18.5 Å². The van der Waals surface area contributed by atoms with Crippen molar-refractivity contribution in [1.82, 2.24) is 15.1 Å². The summed E-state index contributed by atoms with van der Waals surface area (Å²) in [7, 11) is 0. The fourth-order valence-electron chi connectivity index (χ4n) is 3.94. The minimum Gasteiger partial charge on any atom is -0.316 e. The maximum Gasteiger partial charge on any atom is 0.0223 e. The number of nitrogens with zero attached hydrogens (tertiary/aromatic N) is 2. The van der Waals surface area contributed by atoms with Crippen LogP contribution in [0.3, 0.4) is 0 Å². The average Bonchev–Trinajstić information content (AvgIpc) is 2.38. The molecular formula is C18H37N3. The van der Waals surface area contributed by atoms with Gasteiger partial charge in [-0.25, -0.2) is 0 Å². The Balaban J connectivity index is 1.82. The fraction of sp³-hybridized carbons (Fsp3) is 1.00. The highest BCUT2D eigenvalue weighted by molar-refractivity contribution is 4.91. The van der Waals surface area contributed by atoms with Crippen molar-refractivity contribution in [3.63, 3.8) is 0 Å². The first-order chi connectivity index (χ1) is 9.87. The summed E-state index contributed by atoms with van der Waals surface area (Å²) in [5.74, 6) is 0.741. The van der Waals surface area contributed by atoms with Gasteiger partial charge in [0, 0.05) is 38.3 Å². The van der Waals surface area contributed by atoms with Crippen LogP contribution in [-0.4, -0.2) is 61.2 Å². The Kier molecular flexibility index (Phi) is 6.10. The first kappa shape index (κ1) is 17.2. The average molecular weight is 296 g/mol. The Bertz CT molecular complexity index is 314. The van der Waals surface area contributed by atoms with E-state index in [9.17, 15) is 0 Å². The molecule has 21 heavy (non-hydrogen) atoms. The van der Waals surface area contributed by atoms with Gasteiger partial charge < -0.3 is 5.32 Å². The van der Waals surface area contributed by atoms with E-state index in [0.29, 0.717) is 11.5 Å². The molecule has 0 spiro atoms. The van der Waals surface area contributed by atoms with Crippen LogP contribution in [0.2, 0.25) is 0 Å². The van der Waals surface area contributed by atoms with E-state index in [1.807, 2.05) is 0 Å². The first-order valence-corrected chi connectivity index (χ1v) is 9.06. The number of hydrogen-bond donors (Lipinski definition) is 1. The molecule has 2 aliphatic heterocycles. The third-order valence-electron chi connectivity index (χ3n) is 5.10. The standard InChI is InChI=1S/C18H37N3/c1-15(2)10-19-13-18(4,5)14-21-12-17-8-6-7-9-20(17)11-16(21)3/h15-17,19H,6-14H2,1-5H3. The number of fused-ring (bicyclic) bond motifs is 1. The molecule has 1 N–H and O–H groups in total. The van der Waals surface area contributed by atoms with Crippen molar-refractivity contribution in [3.8, 4) is 0 Å². The Morgan fingerprint density at radius 1 is 1.19 bits per heavy atom. The van der Waals surface area contributed by atoms with Gasteiger partial charge in [-0.3, -0.25) is 9.80 Å². The molecule has 2 fully saturated rings. The molecule has 2 atom stereocenters. The van der Waals surface area contributed by atoms with Gasteiger partial charge in [0.15, 0.2) is 0 Å². The number of nitrogens with one attached hydrogen (secondary N) is 1. The van der Waals surface area contributed by atoms with E-state index in [1.54, 1.807) is 0 Å². The lowest BCUT2D eigenvalue weighted by Crippen LogP contribution is -2.60. The van der Waals surface area contributed by atoms with Gasteiger partial charge in [-0.15, -0.1) is 0 Å². The molecule has 3 heteroatoms. The summed E-state index contributed by atoms with van der Waals surface area (Å²) in [5, 5.41) is 3.65. The third kappa shape index (κ3) is 5.22. The summed E-state index contributed by atoms with van der Waals surface area (Å²) in [6.07, 6.45) is 4.26. The van der Waals surface area contributed by atoms with Gasteiger partial charge in [0.05, 0.1) is 0 Å². The highest BCUT2D eigenvalue weighted by Crippen LogP contribution is 2.26. The van der Waals surface area contributed by atoms with Crippen LogP contribution >= 0.6 is 0 Å². The van der Waals surface area contributed by atoms with Crippen LogP contribution < -0.4 is 5.32 Å². The second kappa shape index (κ2) is 7.43. The van der Waals surface area contributed by atoms with Gasteiger partial charge in [0.2, 0.25) is 0 Å². The van der Waals surface area contributed by atoms with Gasteiger partial charge in [-0.1, -0.05) is 34.1 Å². The van der Waals surface area contributed by atoms with Crippen molar-refractivity contribution in [2.45, 2.75) is 66.0 Å². The van der Waals surface area contributed by atoms with Crippen LogP contribution in [0, 0.1) is 11.3 Å². The van der Waals surface area contributed by atoms with Gasteiger partial charge in [-0.05, 0) is 44.2 Å². The Morgan fingerprint density at radius 2 is 1.95 bits per heavy atom. The SMILES string of the molecule is CC(C)CNCC(C)(C)CN1CC2CCCCN2CC1C. The van der Waals surface area contributed by atoms with E-state index in [2.05, 4.69) is 49.7 Å². The number of piperazine rings is 1. The van der Waals surface area contributed by atoms with Crippen molar-refractivity contribution in [2.75, 3.05) is 39.3 Å². The Morgan fingerprint density at radius 3 is 2.67 bits per heavy atom. The summed E-state index contributed by atoms with van der Waals surface area (Å²) < 4.78 is 0. The van der Waals surface area contributed by atoms with Gasteiger partial charge in [0.25, 0.3) is 0 Å². The second-order valence-electron chi connectivity index (χ2n) is 8.61. The first-order valence-electron chi connectivity index (χ1n) is 9.06. The van der Waals surface area contributed by atoms with E-state index in [4.69, 9.17) is 0 Å². The maximum absolute atomic E-state index is 3.65. The van der Waals surface area contributed by atoms with E-state index in [0.717, 1.165) is 25.0 Å². The second-order valence-corrected chi connectivity index (χ2v) is 8.61. The molecule has 0 bridgehead atoms. The highest BCUT2D eigenvalue weighted by atomic mass is 15.3. The van der Waals surface area contributed by atoms with E-state index in [-0.39, 0.29) is 0 Å². The van der Waals surface area contributed by atoms with Crippen LogP contribution in [-0.2, 0) is 0 Å². The minimum absolute atomic E-state index is 0.361. The molecule has 2 unspecified atom stereocenters. The Hall–Kier alpha value is -0.120. The Labute approximate surface area is 132 Å². The molecular weight excluding hydrogens is 258 g/mol. The quantitative estimate of drug-likeness (QED) is 0.813. The van der Waals surface area contributed by atoms with Gasteiger partial charge >= 0.3 is 0 Å². The molecule has 0 aromatic heterocycles. The lowest BCUT2D eigenvalue weighted by molar-refractivity contribution is -0.00188. The predicted molar refractivity (Wildman–Crippen MR) is 91.7 cm³/mol. The van der Waals surface area contributed by atoms with Gasteiger partial charge in [0.1, 0.15) is 0 Å². The molecule has 2 aliphatic rings. The molecule has 0 saturated carbocycles. The fourth-order valence-corrected chi connectivity index (χ4v) is 3.94. The van der Waals surface area contributed by atoms with Crippen LogP contribution in [0.15, 0.2) is 0 Å². The van der Waals surface area contributed by atoms with Crippen LogP contribution in [0.1, 0.15) is 53.9 Å². The number of piperidine rings is 1. The van der Waals surface area contributed by atoms with Crippen LogP contribution in [0.5, 0.6) is 0 Å². The molecule has 124 valence electrons. The molecule has 0 aromatic rings. The van der Waals surface area contributed by atoms with E-state index >= 15 is 0 Å². The number of hydrogen-bond acceptors (Lipinski definition) is 3. The zero-order valence-corrected chi connectivity index (χ0v) is 15.0. The van der Waals surface area contributed by atoms with Crippen molar-refractivity contribution in [2.24, 2.45) is 11.3 Å². The molecule has 0 aliphatic carbocycles. The lowest BCUT2D eigenvalue weighted by Gasteiger charge is -2.49. The molecule has 3 nitrogen and oxygen atoms in total. The molecule has 0 amide bonds. The normalized spacial score (nSPS) is 28.9. The van der Waals surface area contributed by atoms with Gasteiger partial charge in [-0.2, -0.15) is 0 Å². The minimum atomic E-state index is 0.361. The lowest BCUT2D eigenvalue weighted by atomic mass is 9.89. The number of rotatable bonds is 6. The largest absolute Gasteiger partial charge is 0.316 e. The molecule has 2 heterocycles. The smallest absolute Gasteiger partial charge is 0.0223 e. The molecule has 2 saturated heterocycles. The third-order valence-corrected chi connectivity index (χ3v) is 5.10. The molecule has 2 rings (SSSR count). The van der Waals surface area contributed by atoms with Crippen molar-refractivity contribution < 1.29 is 0 Å². The molecule has 0 radical (unpaired) electrons. The van der Waals surface area contributed by atoms with Crippen LogP contribution in [0.25, 0.3) is 0 Å². The zero-order valence-electron chi connectivity index (χ0n) is 15.0. The summed E-state index contributed by atoms with van der Waals surface area (Å²) >= 11 is 0. The zero-order chi connectivity index (χ0) is 15.5. The van der Waals surface area contributed by atoms with E-state index < -0.39 is 0 Å². The van der Waals surface area contributed by atoms with Crippen LogP contribution in [0.4, 0.5) is 0 Å². The maximum atomic E-state index is 3.65. The summed E-state index contributed by atoms with van der Waals surface area (Å²) in [4.78, 5) is 5.50. The summed E-state index contributed by atoms with van der Waals surface area (Å²) in [6, 6.07) is 1.54. The monoisotopic (exact) mass is 295 g/mol.